The highest BCUT2D eigenvalue weighted by Gasteiger charge is 2.23. The van der Waals surface area contributed by atoms with Crippen LogP contribution in [0.2, 0.25) is 0 Å². The highest BCUT2D eigenvalue weighted by Crippen LogP contribution is 2.19. The summed E-state index contributed by atoms with van der Waals surface area (Å²) >= 11 is 0. The molecule has 1 saturated carbocycles. The van der Waals surface area contributed by atoms with Crippen molar-refractivity contribution in [3.63, 3.8) is 0 Å². The van der Waals surface area contributed by atoms with Crippen molar-refractivity contribution in [2.24, 2.45) is 0 Å². The number of aryl methyl sites for hydroxylation is 1. The number of aromatic nitrogens is 1. The molecule has 1 heterocycles. The van der Waals surface area contributed by atoms with Crippen molar-refractivity contribution < 1.29 is 9.59 Å². The van der Waals surface area contributed by atoms with E-state index >= 15 is 0 Å². The molecule has 5 heteroatoms. The number of benzene rings is 1. The Bertz CT molecular complexity index is 777. The molecule has 1 aromatic carbocycles. The summed E-state index contributed by atoms with van der Waals surface area (Å²) in [5.41, 5.74) is 3.05. The average Bonchev–Trinajstić information content (AvgIpc) is 3.37. The molecule has 1 aromatic heterocycles. The Morgan fingerprint density at radius 1 is 1.17 bits per heavy atom. The number of carbonyl (C=O) groups is 2. The van der Waals surface area contributed by atoms with E-state index in [0.717, 1.165) is 24.1 Å². The molecule has 0 radical (unpaired) electrons. The number of amides is 2. The molecule has 1 aliphatic carbocycles. The number of carbonyl (C=O) groups excluding carboxylic acids is 2. The van der Waals surface area contributed by atoms with Crippen molar-refractivity contribution in [3.8, 4) is 0 Å². The topological polar surface area (TPSA) is 71.1 Å². The monoisotopic (exact) mass is 321 g/mol. The highest BCUT2D eigenvalue weighted by atomic mass is 16.2. The van der Waals surface area contributed by atoms with Gasteiger partial charge in [-0.3, -0.25) is 14.6 Å². The first-order chi connectivity index (χ1) is 11.6. The Labute approximate surface area is 140 Å². The van der Waals surface area contributed by atoms with Gasteiger partial charge in [-0.2, -0.15) is 0 Å². The SMILES string of the molecule is Cc1cc(NC(=O)C=Cc2ccc(C(=O)NC3CC3)cc2)ccn1. The van der Waals surface area contributed by atoms with Crippen LogP contribution in [0.5, 0.6) is 0 Å². The molecule has 2 amide bonds. The van der Waals surface area contributed by atoms with E-state index in [9.17, 15) is 9.59 Å². The Morgan fingerprint density at radius 2 is 1.92 bits per heavy atom. The van der Waals surface area contributed by atoms with E-state index < -0.39 is 0 Å². The lowest BCUT2D eigenvalue weighted by Gasteiger charge is -2.04. The first-order valence-corrected chi connectivity index (χ1v) is 7.93. The van der Waals surface area contributed by atoms with Gasteiger partial charge in [0.2, 0.25) is 5.91 Å². The maximum Gasteiger partial charge on any atom is 0.251 e. The lowest BCUT2D eigenvalue weighted by atomic mass is 10.1. The van der Waals surface area contributed by atoms with Crippen LogP contribution in [0.15, 0.2) is 48.7 Å². The van der Waals surface area contributed by atoms with Gasteiger partial charge in [0.15, 0.2) is 0 Å². The Balaban J connectivity index is 1.57. The minimum absolute atomic E-state index is 0.0428. The Morgan fingerprint density at radius 3 is 2.58 bits per heavy atom. The number of anilines is 1. The van der Waals surface area contributed by atoms with Crippen LogP contribution in [0, 0.1) is 6.92 Å². The van der Waals surface area contributed by atoms with Crippen molar-refractivity contribution >= 4 is 23.6 Å². The molecule has 24 heavy (non-hydrogen) atoms. The third kappa shape index (κ3) is 4.52. The third-order valence-corrected chi connectivity index (χ3v) is 3.68. The van der Waals surface area contributed by atoms with Crippen LogP contribution in [0.4, 0.5) is 5.69 Å². The van der Waals surface area contributed by atoms with Crippen LogP contribution in [0.25, 0.3) is 6.08 Å². The van der Waals surface area contributed by atoms with Crippen molar-refractivity contribution in [2.45, 2.75) is 25.8 Å². The number of rotatable bonds is 5. The van der Waals surface area contributed by atoms with Gasteiger partial charge >= 0.3 is 0 Å². The summed E-state index contributed by atoms with van der Waals surface area (Å²) < 4.78 is 0. The molecule has 2 aromatic rings. The zero-order chi connectivity index (χ0) is 16.9. The number of hydrogen-bond donors (Lipinski definition) is 2. The van der Waals surface area contributed by atoms with Crippen LogP contribution >= 0.6 is 0 Å². The van der Waals surface area contributed by atoms with Gasteiger partial charge in [0, 0.05) is 35.3 Å². The molecule has 0 spiro atoms. The fraction of sp³-hybridized carbons (Fsp3) is 0.211. The van der Waals surface area contributed by atoms with Gasteiger partial charge < -0.3 is 10.6 Å². The van der Waals surface area contributed by atoms with Crippen molar-refractivity contribution in [1.29, 1.82) is 0 Å². The van der Waals surface area contributed by atoms with E-state index in [1.165, 1.54) is 6.08 Å². The summed E-state index contributed by atoms with van der Waals surface area (Å²) in [6.45, 7) is 1.87. The molecule has 1 fully saturated rings. The molecule has 0 unspecified atom stereocenters. The second-order valence-corrected chi connectivity index (χ2v) is 5.88. The second kappa shape index (κ2) is 7.08. The summed E-state index contributed by atoms with van der Waals surface area (Å²) in [6, 6.07) is 11.1. The van der Waals surface area contributed by atoms with E-state index in [0.29, 0.717) is 17.3 Å². The summed E-state index contributed by atoms with van der Waals surface area (Å²) in [5, 5.41) is 5.73. The molecular weight excluding hydrogens is 302 g/mol. The maximum absolute atomic E-state index is 11.9. The predicted molar refractivity (Wildman–Crippen MR) is 93.6 cm³/mol. The van der Waals surface area contributed by atoms with Gasteiger partial charge in [0.25, 0.3) is 5.91 Å². The molecule has 2 N–H and O–H groups in total. The van der Waals surface area contributed by atoms with Gasteiger partial charge in [0.05, 0.1) is 0 Å². The minimum Gasteiger partial charge on any atom is -0.349 e. The van der Waals surface area contributed by atoms with E-state index in [1.54, 1.807) is 36.5 Å². The number of nitrogens with one attached hydrogen (secondary N) is 2. The normalized spacial score (nSPS) is 13.7. The molecule has 0 saturated heterocycles. The molecule has 1 aliphatic rings. The van der Waals surface area contributed by atoms with Gasteiger partial charge in [0.1, 0.15) is 0 Å². The fourth-order valence-corrected chi connectivity index (χ4v) is 2.22. The summed E-state index contributed by atoms with van der Waals surface area (Å²) in [5.74, 6) is -0.255. The first-order valence-electron chi connectivity index (χ1n) is 7.93. The first kappa shape index (κ1) is 15.9. The highest BCUT2D eigenvalue weighted by molar-refractivity contribution is 6.02. The number of pyridine rings is 1. The Hall–Kier alpha value is -2.95. The van der Waals surface area contributed by atoms with Crippen LogP contribution in [0.3, 0.4) is 0 Å². The van der Waals surface area contributed by atoms with Crippen LogP contribution < -0.4 is 10.6 Å². The molecule has 3 rings (SSSR count). The lowest BCUT2D eigenvalue weighted by Crippen LogP contribution is -2.25. The molecule has 0 atom stereocenters. The van der Waals surface area contributed by atoms with E-state index in [4.69, 9.17) is 0 Å². The average molecular weight is 321 g/mol. The minimum atomic E-state index is -0.212. The second-order valence-electron chi connectivity index (χ2n) is 5.88. The van der Waals surface area contributed by atoms with E-state index in [-0.39, 0.29) is 11.8 Å². The number of nitrogens with zero attached hydrogens (tertiary/aromatic N) is 1. The van der Waals surface area contributed by atoms with Crippen LogP contribution in [-0.4, -0.2) is 22.8 Å². The van der Waals surface area contributed by atoms with Crippen LogP contribution in [0.1, 0.15) is 34.5 Å². The van der Waals surface area contributed by atoms with Crippen molar-refractivity contribution in [3.05, 3.63) is 65.5 Å². The smallest absolute Gasteiger partial charge is 0.251 e. The standard InChI is InChI=1S/C19H19N3O2/c1-13-12-17(10-11-20-13)21-18(23)9-4-14-2-5-15(6-3-14)19(24)22-16-7-8-16/h2-6,9-12,16H,7-8H2,1H3,(H,22,24)(H,20,21,23). The molecule has 0 aliphatic heterocycles. The fourth-order valence-electron chi connectivity index (χ4n) is 2.22. The van der Waals surface area contributed by atoms with E-state index in [2.05, 4.69) is 15.6 Å². The number of hydrogen-bond acceptors (Lipinski definition) is 3. The molecule has 5 nitrogen and oxygen atoms in total. The van der Waals surface area contributed by atoms with Crippen LogP contribution in [-0.2, 0) is 4.79 Å². The molecule has 0 bridgehead atoms. The molecular formula is C19H19N3O2. The van der Waals surface area contributed by atoms with E-state index in [1.807, 2.05) is 19.1 Å². The largest absolute Gasteiger partial charge is 0.349 e. The summed E-state index contributed by atoms with van der Waals surface area (Å²) in [7, 11) is 0. The maximum atomic E-state index is 11.9. The third-order valence-electron chi connectivity index (χ3n) is 3.68. The zero-order valence-corrected chi connectivity index (χ0v) is 13.5. The quantitative estimate of drug-likeness (QED) is 0.832. The van der Waals surface area contributed by atoms with Crippen molar-refractivity contribution in [2.75, 3.05) is 5.32 Å². The van der Waals surface area contributed by atoms with Gasteiger partial charge in [-0.05, 0) is 55.7 Å². The van der Waals surface area contributed by atoms with Gasteiger partial charge in [-0.25, -0.2) is 0 Å². The summed E-state index contributed by atoms with van der Waals surface area (Å²) in [6.07, 6.45) is 6.97. The summed E-state index contributed by atoms with van der Waals surface area (Å²) in [4.78, 5) is 27.9. The van der Waals surface area contributed by atoms with Gasteiger partial charge in [-0.15, -0.1) is 0 Å². The predicted octanol–water partition coefficient (Wildman–Crippen LogP) is 2.93. The zero-order valence-electron chi connectivity index (χ0n) is 13.5. The molecule has 122 valence electrons. The van der Waals surface area contributed by atoms with Crippen molar-refractivity contribution in [1.82, 2.24) is 10.3 Å². The Kier molecular flexibility index (Phi) is 4.70. The van der Waals surface area contributed by atoms with Gasteiger partial charge in [-0.1, -0.05) is 12.1 Å². The lowest BCUT2D eigenvalue weighted by molar-refractivity contribution is -0.111.